The van der Waals surface area contributed by atoms with Crippen LogP contribution in [0, 0.1) is 5.92 Å². The van der Waals surface area contributed by atoms with Crippen LogP contribution >= 0.6 is 33.2 Å². The first-order chi connectivity index (χ1) is 6.22. The first kappa shape index (κ1) is 14.3. The SMILES string of the molecule is C=C(C)C(=O)OCC(C)C[Si](Cl)(Cl)Cl. The summed E-state index contributed by atoms with van der Waals surface area (Å²) in [5.74, 6) is -0.333. The summed E-state index contributed by atoms with van der Waals surface area (Å²) in [7, 11) is 0. The van der Waals surface area contributed by atoms with Crippen LogP contribution in [0.4, 0.5) is 0 Å². The Balaban J connectivity index is 3.80. The average Bonchev–Trinajstić information content (AvgIpc) is 1.96. The van der Waals surface area contributed by atoms with E-state index in [1.807, 2.05) is 6.92 Å². The molecule has 0 rings (SSSR count). The van der Waals surface area contributed by atoms with Crippen LogP contribution in [0.3, 0.4) is 0 Å². The molecule has 0 aromatic heterocycles. The van der Waals surface area contributed by atoms with E-state index < -0.39 is 12.0 Å². The third-order valence-corrected chi connectivity index (χ3v) is 3.98. The quantitative estimate of drug-likeness (QED) is 0.333. The van der Waals surface area contributed by atoms with Gasteiger partial charge in [-0.25, -0.2) is 4.79 Å². The molecule has 82 valence electrons. The zero-order chi connectivity index (χ0) is 11.4. The van der Waals surface area contributed by atoms with Gasteiger partial charge >= 0.3 is 12.0 Å². The Labute approximate surface area is 99.3 Å². The molecule has 0 N–H and O–H groups in total. The van der Waals surface area contributed by atoms with Crippen LogP contribution in [-0.4, -0.2) is 18.6 Å². The van der Waals surface area contributed by atoms with E-state index in [9.17, 15) is 4.79 Å². The van der Waals surface area contributed by atoms with Crippen molar-refractivity contribution in [3.8, 4) is 0 Å². The minimum absolute atomic E-state index is 0.0671. The van der Waals surface area contributed by atoms with Crippen LogP contribution in [0.2, 0.25) is 6.04 Å². The van der Waals surface area contributed by atoms with Gasteiger partial charge in [-0.05, 0) is 18.9 Å². The second kappa shape index (κ2) is 6.01. The first-order valence-electron chi connectivity index (χ1n) is 4.11. The number of esters is 1. The maximum atomic E-state index is 11.0. The van der Waals surface area contributed by atoms with Gasteiger partial charge in [-0.15, -0.1) is 33.2 Å². The van der Waals surface area contributed by atoms with Crippen LogP contribution < -0.4 is 0 Å². The van der Waals surface area contributed by atoms with Crippen molar-refractivity contribution >= 4 is 45.2 Å². The molecule has 0 heterocycles. The Bertz CT molecular complexity index is 225. The monoisotopic (exact) mass is 274 g/mol. The lowest BCUT2D eigenvalue weighted by Crippen LogP contribution is -2.19. The average molecular weight is 276 g/mol. The molecule has 0 spiro atoms. The lowest BCUT2D eigenvalue weighted by Gasteiger charge is -2.15. The highest BCUT2D eigenvalue weighted by Gasteiger charge is 2.28. The molecular formula is C8H13Cl3O2Si. The molecule has 2 nitrogen and oxygen atoms in total. The molecule has 14 heavy (non-hydrogen) atoms. The van der Waals surface area contributed by atoms with Gasteiger partial charge in [0, 0.05) is 5.57 Å². The fourth-order valence-corrected chi connectivity index (χ4v) is 4.07. The summed E-state index contributed by atoms with van der Waals surface area (Å²) in [5.41, 5.74) is 0.378. The van der Waals surface area contributed by atoms with E-state index in [1.165, 1.54) is 0 Å². The van der Waals surface area contributed by atoms with E-state index in [4.69, 9.17) is 38.0 Å². The molecule has 0 saturated carbocycles. The van der Waals surface area contributed by atoms with E-state index >= 15 is 0 Å². The van der Waals surface area contributed by atoms with Crippen LogP contribution in [0.5, 0.6) is 0 Å². The fourth-order valence-electron chi connectivity index (χ4n) is 0.795. The highest BCUT2D eigenvalue weighted by molar-refractivity contribution is 7.64. The van der Waals surface area contributed by atoms with Crippen molar-refractivity contribution in [1.82, 2.24) is 0 Å². The lowest BCUT2D eigenvalue weighted by molar-refractivity contribution is -0.139. The Morgan fingerprint density at radius 2 is 2.00 bits per heavy atom. The molecule has 0 aliphatic heterocycles. The van der Waals surface area contributed by atoms with E-state index in [2.05, 4.69) is 6.58 Å². The maximum Gasteiger partial charge on any atom is 0.341 e. The Morgan fingerprint density at radius 1 is 1.50 bits per heavy atom. The van der Waals surface area contributed by atoms with E-state index in [0.717, 1.165) is 0 Å². The second-order valence-corrected chi connectivity index (χ2v) is 12.5. The van der Waals surface area contributed by atoms with Crippen LogP contribution in [-0.2, 0) is 9.53 Å². The molecule has 0 bridgehead atoms. The topological polar surface area (TPSA) is 26.3 Å². The molecule has 0 aromatic carbocycles. The summed E-state index contributed by atoms with van der Waals surface area (Å²) in [5, 5.41) is 0. The molecule has 0 aliphatic carbocycles. The summed E-state index contributed by atoms with van der Waals surface area (Å²) in [6.07, 6.45) is 0. The Morgan fingerprint density at radius 3 is 2.36 bits per heavy atom. The number of carbonyl (C=O) groups is 1. The first-order valence-corrected chi connectivity index (χ1v) is 9.36. The van der Waals surface area contributed by atoms with Crippen LogP contribution in [0.1, 0.15) is 13.8 Å². The second-order valence-electron chi connectivity index (χ2n) is 3.30. The van der Waals surface area contributed by atoms with Gasteiger partial charge in [-0.1, -0.05) is 13.5 Å². The van der Waals surface area contributed by atoms with Gasteiger partial charge in [0.15, 0.2) is 0 Å². The Hall–Kier alpha value is 0.297. The number of ether oxygens (including phenoxy) is 1. The molecular weight excluding hydrogens is 263 g/mol. The van der Waals surface area contributed by atoms with Crippen molar-refractivity contribution in [2.24, 2.45) is 5.92 Å². The molecule has 6 heteroatoms. The summed E-state index contributed by atoms with van der Waals surface area (Å²) in [4.78, 5) is 11.0. The minimum Gasteiger partial charge on any atom is -0.462 e. The molecule has 1 unspecified atom stereocenters. The summed E-state index contributed by atoms with van der Waals surface area (Å²) in [6.45, 7) is 7.20. The molecule has 0 aromatic rings. The number of hydrogen-bond donors (Lipinski definition) is 0. The molecule has 0 saturated heterocycles. The minimum atomic E-state index is -2.62. The normalized spacial score (nSPS) is 13.5. The molecule has 0 radical (unpaired) electrons. The summed E-state index contributed by atoms with van der Waals surface area (Å²) < 4.78 is 4.92. The molecule has 1 atom stereocenters. The highest BCUT2D eigenvalue weighted by atomic mass is 35.8. The zero-order valence-electron chi connectivity index (χ0n) is 8.15. The number of carbonyl (C=O) groups excluding carboxylic acids is 1. The van der Waals surface area contributed by atoms with Crippen molar-refractivity contribution in [3.63, 3.8) is 0 Å². The lowest BCUT2D eigenvalue weighted by atomic mass is 10.2. The molecule has 0 aliphatic rings. The predicted octanol–water partition coefficient (Wildman–Crippen LogP) is 3.40. The third kappa shape index (κ3) is 7.68. The summed E-state index contributed by atoms with van der Waals surface area (Å²) in [6, 6.07) is -2.13. The van der Waals surface area contributed by atoms with Crippen LogP contribution in [0.25, 0.3) is 0 Å². The number of hydrogen-bond acceptors (Lipinski definition) is 2. The van der Waals surface area contributed by atoms with Crippen molar-refractivity contribution in [2.45, 2.75) is 19.9 Å². The van der Waals surface area contributed by atoms with Gasteiger partial charge in [-0.3, -0.25) is 0 Å². The van der Waals surface area contributed by atoms with E-state index in [-0.39, 0.29) is 12.5 Å². The van der Waals surface area contributed by atoms with Gasteiger partial charge in [0.1, 0.15) is 0 Å². The number of rotatable bonds is 5. The van der Waals surface area contributed by atoms with Gasteiger partial charge in [0.2, 0.25) is 0 Å². The van der Waals surface area contributed by atoms with Crippen molar-refractivity contribution in [1.29, 1.82) is 0 Å². The van der Waals surface area contributed by atoms with Crippen LogP contribution in [0.15, 0.2) is 12.2 Å². The molecule has 0 amide bonds. The van der Waals surface area contributed by atoms with Crippen molar-refractivity contribution < 1.29 is 9.53 Å². The van der Waals surface area contributed by atoms with Crippen molar-refractivity contribution in [2.75, 3.05) is 6.61 Å². The molecule has 0 fully saturated rings. The fraction of sp³-hybridized carbons (Fsp3) is 0.625. The van der Waals surface area contributed by atoms with E-state index in [0.29, 0.717) is 11.6 Å². The van der Waals surface area contributed by atoms with Gasteiger partial charge in [-0.2, -0.15) is 0 Å². The largest absolute Gasteiger partial charge is 0.462 e. The van der Waals surface area contributed by atoms with Crippen molar-refractivity contribution in [3.05, 3.63) is 12.2 Å². The Kier molecular flexibility index (Phi) is 6.13. The third-order valence-electron chi connectivity index (χ3n) is 1.43. The van der Waals surface area contributed by atoms with Gasteiger partial charge < -0.3 is 4.74 Å². The standard InChI is InChI=1S/C8H13Cl3O2Si/c1-6(2)8(12)13-4-7(3)5-14(9,10)11/h7H,1,4-5H2,2-3H3. The van der Waals surface area contributed by atoms with Gasteiger partial charge in [0.25, 0.3) is 0 Å². The van der Waals surface area contributed by atoms with Gasteiger partial charge in [0.05, 0.1) is 6.61 Å². The van der Waals surface area contributed by atoms with E-state index in [1.54, 1.807) is 6.92 Å². The summed E-state index contributed by atoms with van der Waals surface area (Å²) >= 11 is 17.2. The highest BCUT2D eigenvalue weighted by Crippen LogP contribution is 2.29. The predicted molar refractivity (Wildman–Crippen MR) is 63.1 cm³/mol. The zero-order valence-corrected chi connectivity index (χ0v) is 11.4. The smallest absolute Gasteiger partial charge is 0.341 e. The number of halogens is 3. The maximum absolute atomic E-state index is 11.0.